The van der Waals surface area contributed by atoms with Gasteiger partial charge in [-0.1, -0.05) is 25.1 Å². The van der Waals surface area contributed by atoms with Gasteiger partial charge in [-0.05, 0) is 25.0 Å². The summed E-state index contributed by atoms with van der Waals surface area (Å²) >= 11 is 0. The third-order valence-electron chi connectivity index (χ3n) is 4.18. The maximum absolute atomic E-state index is 13.1. The van der Waals surface area contributed by atoms with Gasteiger partial charge in [-0.2, -0.15) is 13.2 Å². The minimum absolute atomic E-state index is 0.152. The van der Waals surface area contributed by atoms with E-state index in [1.165, 1.54) is 12.1 Å². The molecule has 2 rings (SSSR count). The van der Waals surface area contributed by atoms with E-state index in [1.807, 2.05) is 0 Å². The van der Waals surface area contributed by atoms with Crippen LogP contribution in [0.15, 0.2) is 24.3 Å². The molecule has 1 amide bonds. The van der Waals surface area contributed by atoms with Gasteiger partial charge in [0.25, 0.3) is 0 Å². The normalized spacial score (nSPS) is 21.4. The van der Waals surface area contributed by atoms with Crippen LogP contribution in [-0.2, 0) is 15.7 Å². The van der Waals surface area contributed by atoms with Crippen molar-refractivity contribution in [1.29, 1.82) is 0 Å². The fourth-order valence-corrected chi connectivity index (χ4v) is 2.63. The molecule has 0 bridgehead atoms. The second-order valence-corrected chi connectivity index (χ2v) is 5.73. The van der Waals surface area contributed by atoms with Crippen molar-refractivity contribution in [3.63, 3.8) is 0 Å². The standard InChI is InChI=1S/C16H20F3NO2/c1-10(11(2)20-15(21)12-7-8-22-9-12)13-5-3-4-6-14(13)16(17,18)19/h3-6,10-12H,7-9H2,1-2H3,(H,20,21). The summed E-state index contributed by atoms with van der Waals surface area (Å²) in [5, 5.41) is 2.81. The molecule has 3 nitrogen and oxygen atoms in total. The lowest BCUT2D eigenvalue weighted by molar-refractivity contribution is -0.138. The summed E-state index contributed by atoms with van der Waals surface area (Å²) in [4.78, 5) is 12.1. The van der Waals surface area contributed by atoms with Crippen LogP contribution in [0.4, 0.5) is 13.2 Å². The van der Waals surface area contributed by atoms with E-state index in [0.29, 0.717) is 19.6 Å². The second-order valence-electron chi connectivity index (χ2n) is 5.73. The summed E-state index contributed by atoms with van der Waals surface area (Å²) in [5.41, 5.74) is -0.446. The monoisotopic (exact) mass is 315 g/mol. The lowest BCUT2D eigenvalue weighted by Gasteiger charge is -2.25. The van der Waals surface area contributed by atoms with Gasteiger partial charge >= 0.3 is 6.18 Å². The van der Waals surface area contributed by atoms with Crippen molar-refractivity contribution in [2.75, 3.05) is 13.2 Å². The average Bonchev–Trinajstić information content (AvgIpc) is 2.99. The molecule has 0 aliphatic carbocycles. The predicted octanol–water partition coefficient (Wildman–Crippen LogP) is 3.35. The number of carbonyl (C=O) groups excluding carboxylic acids is 1. The number of hydrogen-bond acceptors (Lipinski definition) is 2. The van der Waals surface area contributed by atoms with Gasteiger partial charge in [0.05, 0.1) is 18.1 Å². The molecule has 6 heteroatoms. The summed E-state index contributed by atoms with van der Waals surface area (Å²) < 4.78 is 44.4. The molecular formula is C16H20F3NO2. The molecular weight excluding hydrogens is 295 g/mol. The van der Waals surface area contributed by atoms with Gasteiger partial charge in [-0.25, -0.2) is 0 Å². The molecule has 0 saturated carbocycles. The molecule has 122 valence electrons. The van der Waals surface area contributed by atoms with E-state index in [1.54, 1.807) is 19.9 Å². The SMILES string of the molecule is CC(NC(=O)C1CCOC1)C(C)c1ccccc1C(F)(F)F. The van der Waals surface area contributed by atoms with E-state index in [-0.39, 0.29) is 17.4 Å². The fourth-order valence-electron chi connectivity index (χ4n) is 2.63. The first-order valence-electron chi connectivity index (χ1n) is 7.35. The summed E-state index contributed by atoms with van der Waals surface area (Å²) in [6.45, 7) is 4.36. The average molecular weight is 315 g/mol. The Morgan fingerprint density at radius 1 is 1.32 bits per heavy atom. The Balaban J connectivity index is 2.10. The van der Waals surface area contributed by atoms with Crippen LogP contribution in [0.25, 0.3) is 0 Å². The van der Waals surface area contributed by atoms with Crippen LogP contribution >= 0.6 is 0 Å². The van der Waals surface area contributed by atoms with Crippen molar-refractivity contribution in [2.24, 2.45) is 5.92 Å². The molecule has 3 atom stereocenters. The third-order valence-corrected chi connectivity index (χ3v) is 4.18. The number of nitrogens with one attached hydrogen (secondary N) is 1. The van der Waals surface area contributed by atoms with Gasteiger partial charge in [0.1, 0.15) is 0 Å². The molecule has 3 unspecified atom stereocenters. The number of rotatable bonds is 4. The third kappa shape index (κ3) is 3.80. The molecule has 1 aliphatic rings. The van der Waals surface area contributed by atoms with Crippen molar-refractivity contribution in [3.8, 4) is 0 Å². The summed E-state index contributed by atoms with van der Waals surface area (Å²) in [6.07, 6.45) is -3.74. The highest BCUT2D eigenvalue weighted by atomic mass is 19.4. The van der Waals surface area contributed by atoms with Gasteiger partial charge in [-0.15, -0.1) is 0 Å². The van der Waals surface area contributed by atoms with Crippen LogP contribution in [0.3, 0.4) is 0 Å². The predicted molar refractivity (Wildman–Crippen MR) is 76.4 cm³/mol. The molecule has 0 radical (unpaired) electrons. The Labute approximate surface area is 127 Å². The minimum atomic E-state index is -4.39. The Hall–Kier alpha value is -1.56. The van der Waals surface area contributed by atoms with E-state index in [9.17, 15) is 18.0 Å². The topological polar surface area (TPSA) is 38.3 Å². The van der Waals surface area contributed by atoms with Crippen molar-refractivity contribution in [3.05, 3.63) is 35.4 Å². The van der Waals surface area contributed by atoms with Crippen molar-refractivity contribution in [2.45, 2.75) is 38.4 Å². The first-order valence-corrected chi connectivity index (χ1v) is 7.35. The molecule has 22 heavy (non-hydrogen) atoms. The van der Waals surface area contributed by atoms with Gasteiger partial charge in [0.15, 0.2) is 0 Å². The molecule has 1 saturated heterocycles. The highest BCUT2D eigenvalue weighted by Crippen LogP contribution is 2.36. The molecule has 1 aromatic carbocycles. The Kier molecular flexibility index (Phi) is 5.11. The van der Waals surface area contributed by atoms with E-state index in [2.05, 4.69) is 5.32 Å². The van der Waals surface area contributed by atoms with Gasteiger partial charge in [0.2, 0.25) is 5.91 Å². The van der Waals surface area contributed by atoms with Gasteiger partial charge in [-0.3, -0.25) is 4.79 Å². The first kappa shape index (κ1) is 16.8. The van der Waals surface area contributed by atoms with Crippen LogP contribution in [-0.4, -0.2) is 25.2 Å². The van der Waals surface area contributed by atoms with E-state index < -0.39 is 23.7 Å². The van der Waals surface area contributed by atoms with Gasteiger partial charge < -0.3 is 10.1 Å². The van der Waals surface area contributed by atoms with E-state index in [4.69, 9.17) is 4.74 Å². The smallest absolute Gasteiger partial charge is 0.381 e. The lowest BCUT2D eigenvalue weighted by atomic mass is 9.90. The number of amides is 1. The Bertz CT molecular complexity index is 524. The van der Waals surface area contributed by atoms with Crippen molar-refractivity contribution < 1.29 is 22.7 Å². The number of ether oxygens (including phenoxy) is 1. The van der Waals surface area contributed by atoms with E-state index in [0.717, 1.165) is 6.07 Å². The molecule has 0 spiro atoms. The highest BCUT2D eigenvalue weighted by molar-refractivity contribution is 5.79. The maximum atomic E-state index is 13.1. The summed E-state index contributed by atoms with van der Waals surface area (Å²) in [5.74, 6) is -0.794. The zero-order valence-corrected chi connectivity index (χ0v) is 12.6. The number of carbonyl (C=O) groups is 1. The number of halogens is 3. The quantitative estimate of drug-likeness (QED) is 0.925. The number of hydrogen-bond donors (Lipinski definition) is 1. The summed E-state index contributed by atoms with van der Waals surface area (Å²) in [7, 11) is 0. The molecule has 1 heterocycles. The maximum Gasteiger partial charge on any atom is 0.416 e. The van der Waals surface area contributed by atoms with Crippen LogP contribution in [0.1, 0.15) is 37.3 Å². The zero-order valence-electron chi connectivity index (χ0n) is 12.6. The zero-order chi connectivity index (χ0) is 16.3. The first-order chi connectivity index (χ1) is 10.3. The molecule has 0 aromatic heterocycles. The summed E-state index contributed by atoms with van der Waals surface area (Å²) in [6, 6.07) is 5.11. The Morgan fingerprint density at radius 3 is 2.59 bits per heavy atom. The van der Waals surface area contributed by atoms with Crippen molar-refractivity contribution in [1.82, 2.24) is 5.32 Å². The van der Waals surface area contributed by atoms with Crippen molar-refractivity contribution >= 4 is 5.91 Å². The molecule has 1 aliphatic heterocycles. The highest BCUT2D eigenvalue weighted by Gasteiger charge is 2.35. The fraction of sp³-hybridized carbons (Fsp3) is 0.562. The van der Waals surface area contributed by atoms with Crippen LogP contribution < -0.4 is 5.32 Å². The minimum Gasteiger partial charge on any atom is -0.381 e. The van der Waals surface area contributed by atoms with Gasteiger partial charge in [0, 0.05) is 18.6 Å². The Morgan fingerprint density at radius 2 is 2.00 bits per heavy atom. The van der Waals surface area contributed by atoms with Crippen LogP contribution in [0.5, 0.6) is 0 Å². The largest absolute Gasteiger partial charge is 0.416 e. The number of alkyl halides is 3. The molecule has 1 fully saturated rings. The lowest BCUT2D eigenvalue weighted by Crippen LogP contribution is -2.40. The van der Waals surface area contributed by atoms with Crippen LogP contribution in [0.2, 0.25) is 0 Å². The van der Waals surface area contributed by atoms with E-state index >= 15 is 0 Å². The second kappa shape index (κ2) is 6.69. The van der Waals surface area contributed by atoms with Crippen LogP contribution in [0, 0.1) is 5.92 Å². The molecule has 1 aromatic rings. The number of benzene rings is 1. The molecule has 1 N–H and O–H groups in total.